The van der Waals surface area contributed by atoms with Crippen molar-refractivity contribution in [3.63, 3.8) is 0 Å². The third-order valence-corrected chi connectivity index (χ3v) is 3.57. The lowest BCUT2D eigenvalue weighted by atomic mass is 10.1. The fourth-order valence-corrected chi connectivity index (χ4v) is 2.21. The SMILES string of the molecule is CC(C)c1cc(OCC(=O)Nc2nccs2)nc(C(C)C)n1. The highest BCUT2D eigenvalue weighted by atomic mass is 32.1. The average molecular weight is 320 g/mol. The highest BCUT2D eigenvalue weighted by Crippen LogP contribution is 2.20. The summed E-state index contributed by atoms with van der Waals surface area (Å²) in [6.45, 7) is 8.07. The van der Waals surface area contributed by atoms with Crippen LogP contribution in [0.3, 0.4) is 0 Å². The van der Waals surface area contributed by atoms with E-state index in [0.717, 1.165) is 11.5 Å². The van der Waals surface area contributed by atoms with Gasteiger partial charge < -0.3 is 4.74 Å². The van der Waals surface area contributed by atoms with Gasteiger partial charge in [-0.25, -0.2) is 9.97 Å². The Hall–Kier alpha value is -2.02. The number of carbonyl (C=O) groups excluding carboxylic acids is 1. The van der Waals surface area contributed by atoms with Gasteiger partial charge >= 0.3 is 0 Å². The van der Waals surface area contributed by atoms with Crippen LogP contribution in [0.2, 0.25) is 0 Å². The van der Waals surface area contributed by atoms with Crippen LogP contribution in [0.5, 0.6) is 5.88 Å². The van der Waals surface area contributed by atoms with E-state index in [9.17, 15) is 4.79 Å². The van der Waals surface area contributed by atoms with Crippen LogP contribution in [0, 0.1) is 0 Å². The highest BCUT2D eigenvalue weighted by molar-refractivity contribution is 7.13. The zero-order valence-electron chi connectivity index (χ0n) is 13.2. The van der Waals surface area contributed by atoms with Crippen LogP contribution < -0.4 is 10.1 Å². The summed E-state index contributed by atoms with van der Waals surface area (Å²) in [6.07, 6.45) is 1.63. The van der Waals surface area contributed by atoms with Crippen molar-refractivity contribution in [1.29, 1.82) is 0 Å². The standard InChI is InChI=1S/C15H20N4O2S/c1-9(2)11-7-13(19-14(17-11)10(3)4)21-8-12(20)18-15-16-5-6-22-15/h5-7,9-10H,8H2,1-4H3,(H,16,18,20). The molecule has 0 atom stereocenters. The second-order valence-electron chi connectivity index (χ2n) is 5.47. The molecule has 0 saturated carbocycles. The zero-order chi connectivity index (χ0) is 16.1. The Balaban J connectivity index is 2.03. The van der Waals surface area contributed by atoms with E-state index in [0.29, 0.717) is 11.0 Å². The van der Waals surface area contributed by atoms with Gasteiger partial charge in [0.05, 0.1) is 5.69 Å². The molecule has 2 heterocycles. The molecule has 2 aromatic rings. The lowest BCUT2D eigenvalue weighted by molar-refractivity contribution is -0.118. The minimum absolute atomic E-state index is 0.105. The van der Waals surface area contributed by atoms with Crippen LogP contribution in [0.1, 0.15) is 51.0 Å². The summed E-state index contributed by atoms with van der Waals surface area (Å²) in [5.41, 5.74) is 0.911. The van der Waals surface area contributed by atoms with Crippen molar-refractivity contribution < 1.29 is 9.53 Å². The van der Waals surface area contributed by atoms with Gasteiger partial charge in [0.15, 0.2) is 11.7 Å². The predicted molar refractivity (Wildman–Crippen MR) is 86.4 cm³/mol. The Morgan fingerprint density at radius 3 is 2.64 bits per heavy atom. The van der Waals surface area contributed by atoms with Crippen LogP contribution in [-0.2, 0) is 4.79 Å². The lowest BCUT2D eigenvalue weighted by Crippen LogP contribution is -2.20. The third kappa shape index (κ3) is 4.49. The molecule has 0 radical (unpaired) electrons. The van der Waals surface area contributed by atoms with Crippen molar-refractivity contribution in [1.82, 2.24) is 15.0 Å². The smallest absolute Gasteiger partial charge is 0.264 e. The number of aromatic nitrogens is 3. The first-order chi connectivity index (χ1) is 10.5. The second-order valence-corrected chi connectivity index (χ2v) is 6.37. The van der Waals surface area contributed by atoms with E-state index in [2.05, 4.69) is 34.1 Å². The number of rotatable bonds is 6. The van der Waals surface area contributed by atoms with Crippen LogP contribution in [-0.4, -0.2) is 27.5 Å². The summed E-state index contributed by atoms with van der Waals surface area (Å²) in [5, 5.41) is 5.02. The quantitative estimate of drug-likeness (QED) is 0.884. The van der Waals surface area contributed by atoms with Gasteiger partial charge in [-0.05, 0) is 5.92 Å². The minimum atomic E-state index is -0.259. The van der Waals surface area contributed by atoms with E-state index < -0.39 is 0 Å². The Bertz CT molecular complexity index is 600. The van der Waals surface area contributed by atoms with E-state index in [1.54, 1.807) is 17.6 Å². The molecular weight excluding hydrogens is 300 g/mol. The minimum Gasteiger partial charge on any atom is -0.467 e. The number of carbonyl (C=O) groups is 1. The molecule has 6 nitrogen and oxygen atoms in total. The van der Waals surface area contributed by atoms with Gasteiger partial charge in [-0.3, -0.25) is 10.1 Å². The van der Waals surface area contributed by atoms with E-state index in [1.165, 1.54) is 11.3 Å². The first kappa shape index (κ1) is 16.4. The Morgan fingerprint density at radius 1 is 1.27 bits per heavy atom. The molecule has 7 heteroatoms. The summed E-state index contributed by atoms with van der Waals surface area (Å²) in [5.74, 6) is 1.36. The number of nitrogens with one attached hydrogen (secondary N) is 1. The molecule has 0 bridgehead atoms. The topological polar surface area (TPSA) is 77.0 Å². The Labute approximate surface area is 134 Å². The number of hydrogen-bond acceptors (Lipinski definition) is 6. The molecular formula is C15H20N4O2S. The third-order valence-electron chi connectivity index (χ3n) is 2.88. The maximum absolute atomic E-state index is 11.8. The number of anilines is 1. The fourth-order valence-electron chi connectivity index (χ4n) is 1.67. The summed E-state index contributed by atoms with van der Waals surface area (Å²) in [4.78, 5) is 24.7. The zero-order valence-corrected chi connectivity index (χ0v) is 14.0. The average Bonchev–Trinajstić information content (AvgIpc) is 2.97. The van der Waals surface area contributed by atoms with Crippen molar-refractivity contribution in [2.75, 3.05) is 11.9 Å². The van der Waals surface area contributed by atoms with Crippen molar-refractivity contribution >= 4 is 22.4 Å². The normalized spacial score (nSPS) is 11.0. The van der Waals surface area contributed by atoms with Gasteiger partial charge in [0.25, 0.3) is 5.91 Å². The van der Waals surface area contributed by atoms with Gasteiger partial charge in [-0.15, -0.1) is 11.3 Å². The molecule has 1 amide bonds. The van der Waals surface area contributed by atoms with Crippen molar-refractivity contribution in [3.05, 3.63) is 29.2 Å². The molecule has 118 valence electrons. The largest absolute Gasteiger partial charge is 0.467 e. The molecule has 0 unspecified atom stereocenters. The molecule has 1 N–H and O–H groups in total. The highest BCUT2D eigenvalue weighted by Gasteiger charge is 2.12. The van der Waals surface area contributed by atoms with E-state index in [-0.39, 0.29) is 24.3 Å². The maximum atomic E-state index is 11.8. The van der Waals surface area contributed by atoms with Crippen LogP contribution in [0.15, 0.2) is 17.6 Å². The number of ether oxygens (including phenoxy) is 1. The fraction of sp³-hybridized carbons (Fsp3) is 0.467. The molecule has 22 heavy (non-hydrogen) atoms. The van der Waals surface area contributed by atoms with Crippen molar-refractivity contribution in [3.8, 4) is 5.88 Å². The summed E-state index contributed by atoms with van der Waals surface area (Å²) >= 11 is 1.36. The molecule has 0 aliphatic rings. The molecule has 2 aromatic heterocycles. The lowest BCUT2D eigenvalue weighted by Gasteiger charge is -2.12. The Kier molecular flexibility index (Phi) is 5.43. The first-order valence-corrected chi connectivity index (χ1v) is 8.04. The molecule has 2 rings (SSSR count). The molecule has 0 fully saturated rings. The number of amides is 1. The van der Waals surface area contributed by atoms with E-state index in [4.69, 9.17) is 4.74 Å². The van der Waals surface area contributed by atoms with Gasteiger partial charge in [0, 0.05) is 23.6 Å². The first-order valence-electron chi connectivity index (χ1n) is 7.16. The van der Waals surface area contributed by atoms with Crippen LogP contribution in [0.25, 0.3) is 0 Å². The molecule has 0 aromatic carbocycles. The number of hydrogen-bond donors (Lipinski definition) is 1. The van der Waals surface area contributed by atoms with Gasteiger partial charge in [-0.1, -0.05) is 27.7 Å². The summed E-state index contributed by atoms with van der Waals surface area (Å²) in [6, 6.07) is 1.78. The van der Waals surface area contributed by atoms with Crippen molar-refractivity contribution in [2.45, 2.75) is 39.5 Å². The van der Waals surface area contributed by atoms with Crippen LogP contribution >= 0.6 is 11.3 Å². The predicted octanol–water partition coefficient (Wildman–Crippen LogP) is 3.20. The van der Waals surface area contributed by atoms with Crippen LogP contribution in [0.4, 0.5) is 5.13 Å². The maximum Gasteiger partial charge on any atom is 0.264 e. The monoisotopic (exact) mass is 320 g/mol. The van der Waals surface area contributed by atoms with Crippen molar-refractivity contribution in [2.24, 2.45) is 0 Å². The molecule has 0 spiro atoms. The van der Waals surface area contributed by atoms with E-state index in [1.807, 2.05) is 13.8 Å². The van der Waals surface area contributed by atoms with Gasteiger partial charge in [0.2, 0.25) is 5.88 Å². The molecule has 0 aliphatic heterocycles. The van der Waals surface area contributed by atoms with Gasteiger partial charge in [0.1, 0.15) is 5.82 Å². The number of thiazole rings is 1. The van der Waals surface area contributed by atoms with Gasteiger partial charge in [-0.2, -0.15) is 4.98 Å². The second kappa shape index (κ2) is 7.31. The molecule has 0 aliphatic carbocycles. The van der Waals surface area contributed by atoms with E-state index >= 15 is 0 Å². The Morgan fingerprint density at radius 2 is 2.05 bits per heavy atom. The molecule has 0 saturated heterocycles. The number of nitrogens with zero attached hydrogens (tertiary/aromatic N) is 3. The summed E-state index contributed by atoms with van der Waals surface area (Å²) in [7, 11) is 0. The summed E-state index contributed by atoms with van der Waals surface area (Å²) < 4.78 is 5.51.